The Bertz CT molecular complexity index is 582. The van der Waals surface area contributed by atoms with Crippen LogP contribution in [-0.4, -0.2) is 45.3 Å². The number of rotatable bonds is 5. The Morgan fingerprint density at radius 3 is 2.17 bits per heavy atom. The molecule has 1 aliphatic heterocycles. The molecule has 1 N–H and O–H groups in total. The van der Waals surface area contributed by atoms with Crippen LogP contribution >= 0.6 is 36.2 Å². The first kappa shape index (κ1) is 21.1. The smallest absolute Gasteiger partial charge is 0.122 e. The number of nitrogens with one attached hydrogen (secondary N) is 1. The number of ether oxygens (including phenoxy) is 2. The molecule has 0 bridgehead atoms. The molecule has 3 rings (SSSR count). The van der Waals surface area contributed by atoms with Crippen molar-refractivity contribution in [2.24, 2.45) is 0 Å². The fraction of sp³-hybridized carbons (Fsp3) is 0.412. The third-order valence-corrected chi connectivity index (χ3v) is 4.94. The minimum absolute atomic E-state index is 0. The maximum Gasteiger partial charge on any atom is 0.122 e. The van der Waals surface area contributed by atoms with E-state index >= 15 is 0 Å². The summed E-state index contributed by atoms with van der Waals surface area (Å²) < 4.78 is 10.9. The number of hydrogen-bond donors (Lipinski definition) is 1. The molecule has 1 fully saturated rings. The molecule has 24 heavy (non-hydrogen) atoms. The van der Waals surface area contributed by atoms with Crippen LogP contribution in [0.3, 0.4) is 0 Å². The fourth-order valence-corrected chi connectivity index (χ4v) is 3.81. The largest absolute Gasteiger partial charge is 0.497 e. The molecule has 4 nitrogen and oxygen atoms in total. The Morgan fingerprint density at radius 2 is 1.67 bits per heavy atom. The maximum atomic E-state index is 5.44. The van der Waals surface area contributed by atoms with Crippen molar-refractivity contribution in [2.75, 3.05) is 40.4 Å². The summed E-state index contributed by atoms with van der Waals surface area (Å²) in [5.74, 6) is 1.68. The molecule has 1 saturated heterocycles. The zero-order valence-electron chi connectivity index (χ0n) is 13.9. The zero-order chi connectivity index (χ0) is 15.4. The number of benzene rings is 1. The van der Waals surface area contributed by atoms with Crippen LogP contribution in [0.4, 0.5) is 0 Å². The van der Waals surface area contributed by atoms with Crippen molar-refractivity contribution in [2.45, 2.75) is 6.04 Å². The highest BCUT2D eigenvalue weighted by Crippen LogP contribution is 2.35. The molecular weight excluding hydrogens is 367 g/mol. The third-order valence-electron chi connectivity index (χ3n) is 4.02. The molecule has 7 heteroatoms. The lowest BCUT2D eigenvalue weighted by Gasteiger charge is -2.35. The number of halogens is 2. The predicted molar refractivity (Wildman–Crippen MR) is 105 cm³/mol. The number of piperazine rings is 1. The van der Waals surface area contributed by atoms with E-state index < -0.39 is 0 Å². The molecule has 0 radical (unpaired) electrons. The summed E-state index contributed by atoms with van der Waals surface area (Å²) in [6.45, 7) is 4.15. The summed E-state index contributed by atoms with van der Waals surface area (Å²) >= 11 is 1.80. The zero-order valence-corrected chi connectivity index (χ0v) is 16.3. The number of methoxy groups -OCH3 is 2. The van der Waals surface area contributed by atoms with Gasteiger partial charge < -0.3 is 14.8 Å². The van der Waals surface area contributed by atoms with Crippen LogP contribution in [0.15, 0.2) is 35.7 Å². The number of hydrogen-bond acceptors (Lipinski definition) is 5. The van der Waals surface area contributed by atoms with Gasteiger partial charge in [-0.05, 0) is 29.1 Å². The van der Waals surface area contributed by atoms with Gasteiger partial charge in [-0.3, -0.25) is 4.90 Å². The van der Waals surface area contributed by atoms with Gasteiger partial charge in [-0.25, -0.2) is 0 Å². The van der Waals surface area contributed by atoms with Gasteiger partial charge in [0, 0.05) is 37.1 Å². The Labute approximate surface area is 160 Å². The summed E-state index contributed by atoms with van der Waals surface area (Å²) in [6.07, 6.45) is 0. The van der Waals surface area contributed by atoms with E-state index in [2.05, 4.69) is 39.9 Å². The van der Waals surface area contributed by atoms with Crippen LogP contribution in [0.25, 0.3) is 0 Å². The van der Waals surface area contributed by atoms with Crippen molar-refractivity contribution in [1.29, 1.82) is 0 Å². The van der Waals surface area contributed by atoms with Crippen LogP contribution < -0.4 is 14.8 Å². The number of thiophene rings is 1. The average Bonchev–Trinajstić information content (AvgIpc) is 3.10. The second-order valence-electron chi connectivity index (χ2n) is 5.35. The van der Waals surface area contributed by atoms with Gasteiger partial charge in [0.1, 0.15) is 11.5 Å². The van der Waals surface area contributed by atoms with E-state index in [9.17, 15) is 0 Å². The molecule has 0 spiro atoms. The molecule has 1 aromatic heterocycles. The lowest BCUT2D eigenvalue weighted by molar-refractivity contribution is 0.200. The van der Waals surface area contributed by atoms with Crippen LogP contribution in [0.1, 0.15) is 16.5 Å². The van der Waals surface area contributed by atoms with Crippen LogP contribution in [-0.2, 0) is 0 Å². The second kappa shape index (κ2) is 10.1. The van der Waals surface area contributed by atoms with E-state index in [1.54, 1.807) is 25.6 Å². The van der Waals surface area contributed by atoms with E-state index in [0.29, 0.717) is 0 Å². The van der Waals surface area contributed by atoms with Gasteiger partial charge >= 0.3 is 0 Å². The average molecular weight is 391 g/mol. The normalized spacial score (nSPS) is 15.8. The maximum absolute atomic E-state index is 5.44. The topological polar surface area (TPSA) is 33.7 Å². The van der Waals surface area contributed by atoms with Crippen molar-refractivity contribution in [3.8, 4) is 11.5 Å². The minimum atomic E-state index is 0. The molecule has 1 aromatic carbocycles. The van der Waals surface area contributed by atoms with Gasteiger partial charge in [-0.2, -0.15) is 0 Å². The van der Waals surface area contributed by atoms with Gasteiger partial charge in [-0.15, -0.1) is 36.2 Å². The lowest BCUT2D eigenvalue weighted by atomic mass is 10.0. The van der Waals surface area contributed by atoms with Crippen molar-refractivity contribution in [3.63, 3.8) is 0 Å². The van der Waals surface area contributed by atoms with Gasteiger partial charge in [0.15, 0.2) is 0 Å². The molecule has 2 aromatic rings. The molecule has 0 unspecified atom stereocenters. The Kier molecular flexibility index (Phi) is 8.87. The van der Waals surface area contributed by atoms with Gasteiger partial charge in [-0.1, -0.05) is 6.07 Å². The molecule has 2 heterocycles. The van der Waals surface area contributed by atoms with Crippen molar-refractivity contribution >= 4 is 36.2 Å². The summed E-state index contributed by atoms with van der Waals surface area (Å²) in [6, 6.07) is 10.7. The molecule has 1 aliphatic rings. The minimum Gasteiger partial charge on any atom is -0.497 e. The molecule has 0 aliphatic carbocycles. The van der Waals surface area contributed by atoms with Crippen LogP contribution in [0.2, 0.25) is 0 Å². The van der Waals surface area contributed by atoms with E-state index in [4.69, 9.17) is 9.47 Å². The van der Waals surface area contributed by atoms with E-state index in [-0.39, 0.29) is 30.9 Å². The quantitative estimate of drug-likeness (QED) is 0.845. The first-order valence-corrected chi connectivity index (χ1v) is 8.41. The van der Waals surface area contributed by atoms with Crippen LogP contribution in [0, 0.1) is 0 Å². The van der Waals surface area contributed by atoms with Gasteiger partial charge in [0.05, 0.1) is 20.3 Å². The van der Waals surface area contributed by atoms with Crippen molar-refractivity contribution in [1.82, 2.24) is 10.2 Å². The highest BCUT2D eigenvalue weighted by molar-refractivity contribution is 7.10. The first-order valence-electron chi connectivity index (χ1n) is 7.53. The van der Waals surface area contributed by atoms with E-state index in [0.717, 1.165) is 37.7 Å². The highest BCUT2D eigenvalue weighted by Gasteiger charge is 2.25. The van der Waals surface area contributed by atoms with Crippen molar-refractivity contribution < 1.29 is 9.47 Å². The summed E-state index contributed by atoms with van der Waals surface area (Å²) in [4.78, 5) is 3.88. The fourth-order valence-electron chi connectivity index (χ4n) is 2.93. The lowest BCUT2D eigenvalue weighted by Crippen LogP contribution is -2.45. The van der Waals surface area contributed by atoms with Gasteiger partial charge in [0.25, 0.3) is 0 Å². The van der Waals surface area contributed by atoms with Crippen molar-refractivity contribution in [3.05, 3.63) is 46.2 Å². The van der Waals surface area contributed by atoms with Crippen LogP contribution in [0.5, 0.6) is 11.5 Å². The molecule has 0 amide bonds. The molecule has 0 saturated carbocycles. The highest BCUT2D eigenvalue weighted by atomic mass is 35.5. The summed E-state index contributed by atoms with van der Waals surface area (Å²) in [5, 5.41) is 5.56. The Morgan fingerprint density at radius 1 is 1.04 bits per heavy atom. The molecule has 134 valence electrons. The standard InChI is InChI=1S/C17H22N2O2S.2ClH/c1-20-14-10-13(11-15(12-14)21-2)17(16-4-3-9-22-16)19-7-5-18-6-8-19;;/h3-4,9-12,17-18H,5-8H2,1-2H3;2*1H/t17-;;/m1../s1. The Hall–Kier alpha value is -0.980. The SMILES string of the molecule is COc1cc(OC)cc([C@H](c2cccs2)N2CCNCC2)c1.Cl.Cl. The van der Waals surface area contributed by atoms with E-state index in [1.165, 1.54) is 10.4 Å². The summed E-state index contributed by atoms with van der Waals surface area (Å²) in [5.41, 5.74) is 1.22. The van der Waals surface area contributed by atoms with Gasteiger partial charge in [0.2, 0.25) is 0 Å². The molecular formula is C17H24Cl2N2O2S. The monoisotopic (exact) mass is 390 g/mol. The second-order valence-corrected chi connectivity index (χ2v) is 6.33. The third kappa shape index (κ3) is 4.77. The number of nitrogens with zero attached hydrogens (tertiary/aromatic N) is 1. The predicted octanol–water partition coefficient (Wildman–Crippen LogP) is 3.60. The molecule has 1 atom stereocenters. The Balaban J connectivity index is 0.00000144. The first-order chi connectivity index (χ1) is 10.8. The summed E-state index contributed by atoms with van der Waals surface area (Å²) in [7, 11) is 3.40. The van der Waals surface area contributed by atoms with E-state index in [1.807, 2.05) is 6.07 Å².